The zero-order valence-electron chi connectivity index (χ0n) is 15.9. The molecule has 0 fully saturated rings. The summed E-state index contributed by atoms with van der Waals surface area (Å²) in [5.41, 5.74) is 4.73. The molecule has 0 amide bonds. The summed E-state index contributed by atoms with van der Waals surface area (Å²) in [4.78, 5) is 11.9. The van der Waals surface area contributed by atoms with Crippen LogP contribution in [0.5, 0.6) is 11.5 Å². The fourth-order valence-corrected chi connectivity index (χ4v) is 3.77. The Balaban J connectivity index is 1.69. The lowest BCUT2D eigenvalue weighted by Crippen LogP contribution is -2.26. The molecule has 0 radical (unpaired) electrons. The van der Waals surface area contributed by atoms with Crippen molar-refractivity contribution in [3.05, 3.63) is 59.2 Å². The molecule has 2 heterocycles. The highest BCUT2D eigenvalue weighted by atomic mass is 16.7. The highest BCUT2D eigenvalue weighted by molar-refractivity contribution is 6.06. The largest absolute Gasteiger partial charge is 0.465 e. The smallest absolute Gasteiger partial charge is 0.337 e. The predicted octanol–water partition coefficient (Wildman–Crippen LogP) is 3.92. The van der Waals surface area contributed by atoms with Crippen molar-refractivity contribution in [2.75, 3.05) is 21.0 Å². The molecule has 4 rings (SSSR count). The predicted molar refractivity (Wildman–Crippen MR) is 103 cm³/mol. The summed E-state index contributed by atoms with van der Waals surface area (Å²) in [6, 6.07) is 11.6. The molecular weight excluding hydrogens is 342 g/mol. The van der Waals surface area contributed by atoms with Gasteiger partial charge in [-0.15, -0.1) is 0 Å². The standard InChI is InChI=1S/C22H22NO4/c1-22(2)16-12-15(21(24)25-4)7-8-17(16)23(3)20(22)10-6-14-5-9-18-19(11-14)27-13-26-18/h5-12H,13H2,1-4H3/q+1. The highest BCUT2D eigenvalue weighted by Gasteiger charge is 2.43. The van der Waals surface area contributed by atoms with Gasteiger partial charge in [-0.3, -0.25) is 0 Å². The molecule has 0 aliphatic carbocycles. The van der Waals surface area contributed by atoms with E-state index in [-0.39, 0.29) is 18.2 Å². The Morgan fingerprint density at radius 2 is 1.89 bits per heavy atom. The number of esters is 1. The van der Waals surface area contributed by atoms with E-state index in [0.29, 0.717) is 5.56 Å². The third-order valence-electron chi connectivity index (χ3n) is 5.28. The van der Waals surface area contributed by atoms with Gasteiger partial charge in [-0.1, -0.05) is 6.07 Å². The second-order valence-corrected chi connectivity index (χ2v) is 7.24. The van der Waals surface area contributed by atoms with Crippen molar-refractivity contribution in [1.29, 1.82) is 0 Å². The van der Waals surface area contributed by atoms with Crippen molar-refractivity contribution < 1.29 is 23.6 Å². The minimum absolute atomic E-state index is 0.235. The number of methoxy groups -OCH3 is 1. The Bertz CT molecular complexity index is 1000. The molecule has 27 heavy (non-hydrogen) atoms. The summed E-state index contributed by atoms with van der Waals surface area (Å²) in [6.45, 7) is 4.60. The first-order chi connectivity index (χ1) is 12.9. The molecule has 2 aliphatic heterocycles. The number of nitrogens with zero attached hydrogens (tertiary/aromatic N) is 1. The number of carbonyl (C=O) groups excluding carboxylic acids is 1. The third kappa shape index (κ3) is 2.79. The van der Waals surface area contributed by atoms with Gasteiger partial charge in [0, 0.05) is 17.7 Å². The summed E-state index contributed by atoms with van der Waals surface area (Å²) < 4.78 is 17.8. The normalized spacial score (nSPS) is 16.7. The number of hydrogen-bond donors (Lipinski definition) is 0. The molecule has 138 valence electrons. The van der Waals surface area contributed by atoms with Crippen LogP contribution in [0.3, 0.4) is 0 Å². The van der Waals surface area contributed by atoms with E-state index in [1.54, 1.807) is 0 Å². The monoisotopic (exact) mass is 364 g/mol. The van der Waals surface area contributed by atoms with E-state index in [4.69, 9.17) is 14.2 Å². The van der Waals surface area contributed by atoms with Crippen LogP contribution in [0.2, 0.25) is 0 Å². The van der Waals surface area contributed by atoms with E-state index < -0.39 is 0 Å². The van der Waals surface area contributed by atoms with Gasteiger partial charge in [-0.25, -0.2) is 4.79 Å². The maximum absolute atomic E-state index is 11.9. The summed E-state index contributed by atoms with van der Waals surface area (Å²) in [7, 11) is 3.45. The number of benzene rings is 2. The van der Waals surface area contributed by atoms with Crippen molar-refractivity contribution >= 4 is 23.4 Å². The average Bonchev–Trinajstić information content (AvgIpc) is 3.20. The van der Waals surface area contributed by atoms with Crippen molar-refractivity contribution in [2.24, 2.45) is 0 Å². The molecule has 0 spiro atoms. The Morgan fingerprint density at radius 3 is 2.67 bits per heavy atom. The summed E-state index contributed by atoms with van der Waals surface area (Å²) >= 11 is 0. The van der Waals surface area contributed by atoms with Gasteiger partial charge in [0.25, 0.3) is 0 Å². The van der Waals surface area contributed by atoms with Crippen LogP contribution in [-0.4, -0.2) is 37.2 Å². The van der Waals surface area contributed by atoms with Gasteiger partial charge >= 0.3 is 5.97 Å². The quantitative estimate of drug-likeness (QED) is 0.612. The maximum Gasteiger partial charge on any atom is 0.337 e. The van der Waals surface area contributed by atoms with Crippen LogP contribution < -0.4 is 9.47 Å². The molecule has 2 aromatic rings. The SMILES string of the molecule is COC(=O)c1ccc2c(c1)C(C)(C)C(C=Cc1ccc3c(c1)OCO3)=[N+]2C. The zero-order chi connectivity index (χ0) is 19.2. The van der Waals surface area contributed by atoms with Crippen LogP contribution in [0.15, 0.2) is 42.5 Å². The molecule has 0 unspecified atom stereocenters. The number of fused-ring (bicyclic) bond motifs is 2. The molecule has 0 atom stereocenters. The first-order valence-electron chi connectivity index (χ1n) is 8.83. The van der Waals surface area contributed by atoms with E-state index in [2.05, 4.69) is 30.6 Å². The maximum atomic E-state index is 11.9. The first kappa shape index (κ1) is 17.3. The Hall–Kier alpha value is -3.08. The fourth-order valence-electron chi connectivity index (χ4n) is 3.77. The Labute approximate surface area is 158 Å². The van der Waals surface area contributed by atoms with Crippen molar-refractivity contribution in [3.8, 4) is 11.5 Å². The topological polar surface area (TPSA) is 47.8 Å². The van der Waals surface area contributed by atoms with Crippen LogP contribution in [0.4, 0.5) is 5.69 Å². The van der Waals surface area contributed by atoms with Crippen molar-refractivity contribution in [2.45, 2.75) is 19.3 Å². The number of rotatable bonds is 3. The molecule has 0 N–H and O–H groups in total. The van der Waals surface area contributed by atoms with Gasteiger partial charge < -0.3 is 14.2 Å². The molecule has 0 bridgehead atoms. The fraction of sp³-hybridized carbons (Fsp3) is 0.273. The molecule has 0 aromatic heterocycles. The minimum atomic E-state index is -0.319. The molecule has 0 saturated carbocycles. The summed E-state index contributed by atoms with van der Waals surface area (Å²) in [5, 5.41) is 0. The van der Waals surface area contributed by atoms with Crippen LogP contribution in [0, 0.1) is 0 Å². The van der Waals surface area contributed by atoms with Crippen LogP contribution in [0.1, 0.15) is 35.3 Å². The highest BCUT2D eigenvalue weighted by Crippen LogP contribution is 2.40. The van der Waals surface area contributed by atoms with Crippen molar-refractivity contribution in [1.82, 2.24) is 0 Å². The lowest BCUT2D eigenvalue weighted by atomic mass is 9.80. The van der Waals surface area contributed by atoms with Crippen LogP contribution >= 0.6 is 0 Å². The van der Waals surface area contributed by atoms with Gasteiger partial charge in [0.2, 0.25) is 12.5 Å². The Kier molecular flexibility index (Phi) is 4.02. The number of carbonyl (C=O) groups is 1. The zero-order valence-corrected chi connectivity index (χ0v) is 15.9. The first-order valence-corrected chi connectivity index (χ1v) is 8.83. The van der Waals surface area contributed by atoms with Gasteiger partial charge in [0.15, 0.2) is 17.2 Å². The minimum Gasteiger partial charge on any atom is -0.465 e. The van der Waals surface area contributed by atoms with E-state index in [9.17, 15) is 4.79 Å². The van der Waals surface area contributed by atoms with Gasteiger partial charge in [-0.05, 0) is 49.8 Å². The average molecular weight is 364 g/mol. The number of ether oxygens (including phenoxy) is 3. The molecule has 0 saturated heterocycles. The third-order valence-corrected chi connectivity index (χ3v) is 5.28. The molecule has 5 heteroatoms. The van der Waals surface area contributed by atoms with Gasteiger partial charge in [0.1, 0.15) is 7.05 Å². The number of allylic oxidation sites excluding steroid dienone is 1. The van der Waals surface area contributed by atoms with Crippen LogP contribution in [-0.2, 0) is 10.2 Å². The molecule has 5 nitrogen and oxygen atoms in total. The van der Waals surface area contributed by atoms with Crippen LogP contribution in [0.25, 0.3) is 6.08 Å². The van der Waals surface area contributed by atoms with Crippen molar-refractivity contribution in [3.63, 3.8) is 0 Å². The second-order valence-electron chi connectivity index (χ2n) is 7.24. The van der Waals surface area contributed by atoms with E-state index >= 15 is 0 Å². The summed E-state index contributed by atoms with van der Waals surface area (Å²) in [5.74, 6) is 1.23. The Morgan fingerprint density at radius 1 is 1.11 bits per heavy atom. The lowest BCUT2D eigenvalue weighted by Gasteiger charge is -2.16. The van der Waals surface area contributed by atoms with Gasteiger partial charge in [0.05, 0.1) is 18.1 Å². The lowest BCUT2D eigenvalue weighted by molar-refractivity contribution is -0.401. The van der Waals surface area contributed by atoms with Gasteiger partial charge in [-0.2, -0.15) is 4.58 Å². The van der Waals surface area contributed by atoms with E-state index in [0.717, 1.165) is 34.0 Å². The second kappa shape index (κ2) is 6.27. The molecule has 2 aromatic carbocycles. The van der Waals surface area contributed by atoms with E-state index in [1.165, 1.54) is 7.11 Å². The van der Waals surface area contributed by atoms with E-state index in [1.807, 2.05) is 43.4 Å². The number of hydrogen-bond acceptors (Lipinski definition) is 4. The molecular formula is C22H22NO4+. The summed E-state index contributed by atoms with van der Waals surface area (Å²) in [6.07, 6.45) is 4.19. The molecule has 2 aliphatic rings.